The number of hydrogen-bond donors (Lipinski definition) is 3. The van der Waals surface area contributed by atoms with Crippen molar-refractivity contribution in [3.63, 3.8) is 0 Å². The summed E-state index contributed by atoms with van der Waals surface area (Å²) in [6.45, 7) is 0. The Balaban J connectivity index is 1.97. The van der Waals surface area contributed by atoms with Gasteiger partial charge in [0.25, 0.3) is 5.91 Å². The fourth-order valence-electron chi connectivity index (χ4n) is 1.79. The average molecular weight is 284 g/mol. The third-order valence-corrected chi connectivity index (χ3v) is 2.71. The highest BCUT2D eigenvalue weighted by atomic mass is 16.4. The summed E-state index contributed by atoms with van der Waals surface area (Å²) in [5, 5.41) is 11.6. The summed E-state index contributed by atoms with van der Waals surface area (Å²) in [5.74, 6) is -1.71. The van der Waals surface area contributed by atoms with Crippen molar-refractivity contribution >= 4 is 28.9 Å². The van der Waals surface area contributed by atoms with Crippen LogP contribution in [0.25, 0.3) is 11.2 Å². The van der Waals surface area contributed by atoms with E-state index in [2.05, 4.69) is 30.2 Å². The normalized spacial score (nSPS) is 10.5. The minimum absolute atomic E-state index is 0.190. The van der Waals surface area contributed by atoms with Crippen molar-refractivity contribution in [2.24, 2.45) is 0 Å². The van der Waals surface area contributed by atoms with Gasteiger partial charge in [-0.15, -0.1) is 0 Å². The molecular formula is C12H8N6O3. The van der Waals surface area contributed by atoms with E-state index >= 15 is 0 Å². The van der Waals surface area contributed by atoms with Crippen molar-refractivity contribution in [1.29, 1.82) is 0 Å². The van der Waals surface area contributed by atoms with Crippen molar-refractivity contribution < 1.29 is 14.7 Å². The van der Waals surface area contributed by atoms with E-state index in [-0.39, 0.29) is 17.1 Å². The predicted octanol–water partition coefficient (Wildman–Crippen LogP) is 0.698. The molecule has 9 nitrogen and oxygen atoms in total. The molecule has 104 valence electrons. The number of carbonyl (C=O) groups is 2. The molecule has 3 aromatic rings. The summed E-state index contributed by atoms with van der Waals surface area (Å²) < 4.78 is 0. The van der Waals surface area contributed by atoms with Crippen LogP contribution in [0.5, 0.6) is 0 Å². The number of fused-ring (bicyclic) bond motifs is 1. The van der Waals surface area contributed by atoms with E-state index in [0.717, 1.165) is 0 Å². The standard InChI is InChI=1S/C12H8N6O3/c19-11(7-6(12(20)21)2-1-3-13-7)18-10-8-9(15-4-14-8)16-5-17-10/h1-5H,(H,20,21)(H2,14,15,16,17,18,19). The van der Waals surface area contributed by atoms with E-state index in [4.69, 9.17) is 5.11 Å². The molecule has 0 aliphatic rings. The summed E-state index contributed by atoms with van der Waals surface area (Å²) in [5.41, 5.74) is 0.444. The minimum atomic E-state index is -1.23. The molecule has 3 rings (SSSR count). The van der Waals surface area contributed by atoms with Gasteiger partial charge >= 0.3 is 5.97 Å². The SMILES string of the molecule is O=C(O)c1cccnc1C(=O)Nc1ncnc2nc[nH]c12. The van der Waals surface area contributed by atoms with Crippen molar-refractivity contribution in [2.45, 2.75) is 0 Å². The zero-order chi connectivity index (χ0) is 14.8. The average Bonchev–Trinajstić information content (AvgIpc) is 2.96. The van der Waals surface area contributed by atoms with Crippen molar-refractivity contribution in [2.75, 3.05) is 5.32 Å². The summed E-state index contributed by atoms with van der Waals surface area (Å²) in [6.07, 6.45) is 4.00. The molecule has 0 atom stereocenters. The lowest BCUT2D eigenvalue weighted by molar-refractivity contribution is 0.0691. The highest BCUT2D eigenvalue weighted by Crippen LogP contribution is 2.16. The molecule has 3 aromatic heterocycles. The van der Waals surface area contributed by atoms with Gasteiger partial charge in [-0.2, -0.15) is 0 Å². The van der Waals surface area contributed by atoms with Gasteiger partial charge < -0.3 is 15.4 Å². The minimum Gasteiger partial charge on any atom is -0.478 e. The van der Waals surface area contributed by atoms with Crippen molar-refractivity contribution in [1.82, 2.24) is 24.9 Å². The molecule has 0 aromatic carbocycles. The largest absolute Gasteiger partial charge is 0.478 e. The Hall–Kier alpha value is -3.36. The third-order valence-electron chi connectivity index (χ3n) is 2.71. The molecule has 1 amide bonds. The monoisotopic (exact) mass is 284 g/mol. The zero-order valence-corrected chi connectivity index (χ0v) is 10.4. The van der Waals surface area contributed by atoms with E-state index in [1.807, 2.05) is 0 Å². The first-order chi connectivity index (χ1) is 10.2. The predicted molar refractivity (Wildman–Crippen MR) is 70.8 cm³/mol. The van der Waals surface area contributed by atoms with Gasteiger partial charge in [-0.3, -0.25) is 9.78 Å². The number of carbonyl (C=O) groups excluding carboxylic acids is 1. The van der Waals surface area contributed by atoms with E-state index in [1.54, 1.807) is 0 Å². The maximum absolute atomic E-state index is 12.2. The number of imidazole rings is 1. The maximum atomic E-state index is 12.2. The first-order valence-corrected chi connectivity index (χ1v) is 5.80. The second-order valence-electron chi connectivity index (χ2n) is 3.98. The number of anilines is 1. The number of carboxylic acids is 1. The molecular weight excluding hydrogens is 276 g/mol. The smallest absolute Gasteiger partial charge is 0.338 e. The van der Waals surface area contributed by atoms with Gasteiger partial charge in [-0.25, -0.2) is 19.7 Å². The van der Waals surface area contributed by atoms with E-state index < -0.39 is 11.9 Å². The van der Waals surface area contributed by atoms with Gasteiger partial charge in [0.1, 0.15) is 17.5 Å². The molecule has 21 heavy (non-hydrogen) atoms. The Morgan fingerprint density at radius 2 is 2.05 bits per heavy atom. The molecule has 0 saturated carbocycles. The van der Waals surface area contributed by atoms with Gasteiger partial charge in [-0.05, 0) is 12.1 Å². The van der Waals surface area contributed by atoms with Crippen molar-refractivity contribution in [3.05, 3.63) is 42.2 Å². The maximum Gasteiger partial charge on any atom is 0.338 e. The fraction of sp³-hybridized carbons (Fsp3) is 0. The zero-order valence-electron chi connectivity index (χ0n) is 10.4. The van der Waals surface area contributed by atoms with E-state index in [1.165, 1.54) is 31.0 Å². The van der Waals surface area contributed by atoms with Gasteiger partial charge in [0, 0.05) is 6.20 Å². The second kappa shape index (κ2) is 4.96. The quantitative estimate of drug-likeness (QED) is 0.644. The number of H-pyrrole nitrogens is 1. The summed E-state index contributed by atoms with van der Waals surface area (Å²) in [6, 6.07) is 2.74. The number of nitrogens with zero attached hydrogens (tertiary/aromatic N) is 4. The lowest BCUT2D eigenvalue weighted by Gasteiger charge is -2.06. The number of amides is 1. The van der Waals surface area contributed by atoms with Crippen LogP contribution < -0.4 is 5.32 Å². The molecule has 0 saturated heterocycles. The Bertz CT molecular complexity index is 844. The molecule has 0 bridgehead atoms. The number of pyridine rings is 1. The highest BCUT2D eigenvalue weighted by Gasteiger charge is 2.19. The van der Waals surface area contributed by atoms with E-state index in [9.17, 15) is 9.59 Å². The number of carboxylic acid groups (broad SMARTS) is 1. The number of aromatic carboxylic acids is 1. The Morgan fingerprint density at radius 3 is 2.86 bits per heavy atom. The Morgan fingerprint density at radius 1 is 1.19 bits per heavy atom. The summed E-state index contributed by atoms with van der Waals surface area (Å²) >= 11 is 0. The third kappa shape index (κ3) is 2.27. The lowest BCUT2D eigenvalue weighted by Crippen LogP contribution is -2.19. The first-order valence-electron chi connectivity index (χ1n) is 5.80. The fourth-order valence-corrected chi connectivity index (χ4v) is 1.79. The molecule has 0 unspecified atom stereocenters. The molecule has 3 heterocycles. The van der Waals surface area contributed by atoms with Crippen LogP contribution in [-0.4, -0.2) is 41.9 Å². The summed E-state index contributed by atoms with van der Waals surface area (Å²) in [4.78, 5) is 41.6. The van der Waals surface area contributed by atoms with Crippen LogP contribution in [0.4, 0.5) is 5.82 Å². The van der Waals surface area contributed by atoms with Crippen LogP contribution >= 0.6 is 0 Å². The Kier molecular flexibility index (Phi) is 2.99. The van der Waals surface area contributed by atoms with Crippen LogP contribution in [0.15, 0.2) is 31.0 Å². The Labute approximate surface area is 117 Å². The molecule has 3 N–H and O–H groups in total. The van der Waals surface area contributed by atoms with Crippen LogP contribution in [0, 0.1) is 0 Å². The summed E-state index contributed by atoms with van der Waals surface area (Å²) in [7, 11) is 0. The van der Waals surface area contributed by atoms with Crippen LogP contribution in [-0.2, 0) is 0 Å². The van der Waals surface area contributed by atoms with Gasteiger partial charge in [0.15, 0.2) is 11.5 Å². The number of aromatic amines is 1. The molecule has 9 heteroatoms. The number of aromatic nitrogens is 5. The van der Waals surface area contributed by atoms with Crippen LogP contribution in [0.2, 0.25) is 0 Å². The number of hydrogen-bond acceptors (Lipinski definition) is 6. The van der Waals surface area contributed by atoms with Gasteiger partial charge in [-0.1, -0.05) is 0 Å². The second-order valence-corrected chi connectivity index (χ2v) is 3.98. The van der Waals surface area contributed by atoms with Gasteiger partial charge in [0.05, 0.1) is 11.9 Å². The highest BCUT2D eigenvalue weighted by molar-refractivity contribution is 6.10. The number of nitrogens with one attached hydrogen (secondary N) is 2. The first kappa shape index (κ1) is 12.7. The molecule has 0 aliphatic heterocycles. The van der Waals surface area contributed by atoms with Crippen LogP contribution in [0.1, 0.15) is 20.8 Å². The molecule has 0 fully saturated rings. The topological polar surface area (TPSA) is 134 Å². The van der Waals surface area contributed by atoms with Crippen molar-refractivity contribution in [3.8, 4) is 0 Å². The molecule has 0 aliphatic carbocycles. The van der Waals surface area contributed by atoms with Gasteiger partial charge in [0.2, 0.25) is 0 Å². The lowest BCUT2D eigenvalue weighted by atomic mass is 10.2. The van der Waals surface area contributed by atoms with Crippen LogP contribution in [0.3, 0.4) is 0 Å². The molecule has 0 radical (unpaired) electrons. The molecule has 0 spiro atoms. The van der Waals surface area contributed by atoms with E-state index in [0.29, 0.717) is 11.2 Å². The number of rotatable bonds is 3.